The van der Waals surface area contributed by atoms with Crippen LogP contribution in [0.3, 0.4) is 0 Å². The SMILES string of the molecule is C#CCN1C(=O)S/C(=C/c2cc([N+](=O)[O-])cc(Br)c2O)C1=O. The molecule has 0 bridgehead atoms. The molecule has 1 aromatic rings. The standard InChI is InChI=1S/C13H7BrN2O5S/c1-2-3-15-12(18)10(22-13(15)19)5-7-4-8(16(20)21)6-9(14)11(7)17/h1,4-6,17H,3H2/b10-5+. The molecule has 0 unspecified atom stereocenters. The van der Waals surface area contributed by atoms with Gasteiger partial charge in [0, 0.05) is 17.7 Å². The Morgan fingerprint density at radius 3 is 2.77 bits per heavy atom. The number of imide groups is 1. The Hall–Kier alpha value is -2.31. The first-order chi connectivity index (χ1) is 10.3. The Balaban J connectivity index is 2.46. The number of benzene rings is 1. The zero-order chi connectivity index (χ0) is 16.4. The Labute approximate surface area is 137 Å². The molecule has 2 amide bonds. The third-order valence-electron chi connectivity index (χ3n) is 2.70. The van der Waals surface area contributed by atoms with E-state index in [0.29, 0.717) is 11.8 Å². The van der Waals surface area contributed by atoms with Crippen LogP contribution in [0.5, 0.6) is 5.75 Å². The third-order valence-corrected chi connectivity index (χ3v) is 4.21. The molecule has 1 saturated heterocycles. The van der Waals surface area contributed by atoms with Crippen molar-refractivity contribution in [3.8, 4) is 18.1 Å². The van der Waals surface area contributed by atoms with Crippen LogP contribution in [0, 0.1) is 22.5 Å². The number of hydrogen-bond acceptors (Lipinski definition) is 6. The Kier molecular flexibility index (Phi) is 4.54. The molecule has 0 atom stereocenters. The highest BCUT2D eigenvalue weighted by molar-refractivity contribution is 9.10. The average molecular weight is 383 g/mol. The van der Waals surface area contributed by atoms with E-state index in [1.807, 2.05) is 0 Å². The number of nitro groups is 1. The van der Waals surface area contributed by atoms with E-state index in [1.54, 1.807) is 0 Å². The summed E-state index contributed by atoms with van der Waals surface area (Å²) in [5, 5.41) is 20.2. The van der Waals surface area contributed by atoms with Gasteiger partial charge in [0.2, 0.25) is 0 Å². The van der Waals surface area contributed by atoms with Gasteiger partial charge in [0.1, 0.15) is 5.75 Å². The Morgan fingerprint density at radius 1 is 1.50 bits per heavy atom. The summed E-state index contributed by atoms with van der Waals surface area (Å²) in [4.78, 5) is 34.8. The minimum atomic E-state index is -0.633. The van der Waals surface area contributed by atoms with E-state index in [9.17, 15) is 24.8 Å². The number of amides is 2. The van der Waals surface area contributed by atoms with Crippen molar-refractivity contribution in [3.63, 3.8) is 0 Å². The molecule has 7 nitrogen and oxygen atoms in total. The normalized spacial score (nSPS) is 16.2. The van der Waals surface area contributed by atoms with Crippen molar-refractivity contribution in [1.29, 1.82) is 0 Å². The van der Waals surface area contributed by atoms with Gasteiger partial charge in [0.15, 0.2) is 0 Å². The van der Waals surface area contributed by atoms with E-state index in [4.69, 9.17) is 6.42 Å². The number of aromatic hydroxyl groups is 1. The number of hydrogen-bond donors (Lipinski definition) is 1. The van der Waals surface area contributed by atoms with E-state index < -0.39 is 16.1 Å². The fraction of sp³-hybridized carbons (Fsp3) is 0.0769. The lowest BCUT2D eigenvalue weighted by Crippen LogP contribution is -2.28. The van der Waals surface area contributed by atoms with Crippen LogP contribution in [0.25, 0.3) is 6.08 Å². The van der Waals surface area contributed by atoms with Crippen molar-refractivity contribution in [1.82, 2.24) is 4.90 Å². The molecule has 0 aliphatic carbocycles. The van der Waals surface area contributed by atoms with Gasteiger partial charge < -0.3 is 5.11 Å². The highest BCUT2D eigenvalue weighted by Gasteiger charge is 2.34. The van der Waals surface area contributed by atoms with Crippen molar-refractivity contribution < 1.29 is 19.6 Å². The number of phenolic OH excluding ortho intramolecular Hbond substituents is 1. The first-order valence-electron chi connectivity index (χ1n) is 5.71. The molecular weight excluding hydrogens is 376 g/mol. The highest BCUT2D eigenvalue weighted by Crippen LogP contribution is 2.37. The van der Waals surface area contributed by atoms with E-state index in [2.05, 4.69) is 21.9 Å². The first kappa shape index (κ1) is 16.1. The molecule has 9 heteroatoms. The van der Waals surface area contributed by atoms with Crippen LogP contribution < -0.4 is 0 Å². The van der Waals surface area contributed by atoms with Gasteiger partial charge >= 0.3 is 0 Å². The molecule has 22 heavy (non-hydrogen) atoms. The van der Waals surface area contributed by atoms with Gasteiger partial charge in [0.05, 0.1) is 20.8 Å². The molecule has 1 heterocycles. The number of rotatable bonds is 3. The summed E-state index contributed by atoms with van der Waals surface area (Å²) in [6, 6.07) is 2.24. The summed E-state index contributed by atoms with van der Waals surface area (Å²) in [6.45, 7) is -0.160. The second-order valence-corrected chi connectivity index (χ2v) is 5.94. The van der Waals surface area contributed by atoms with E-state index in [-0.39, 0.29) is 32.9 Å². The van der Waals surface area contributed by atoms with Gasteiger partial charge in [-0.05, 0) is 33.8 Å². The van der Waals surface area contributed by atoms with Crippen LogP contribution in [0.4, 0.5) is 10.5 Å². The lowest BCUT2D eigenvalue weighted by molar-refractivity contribution is -0.385. The van der Waals surface area contributed by atoms with Crippen molar-refractivity contribution in [2.24, 2.45) is 0 Å². The average Bonchev–Trinajstić information content (AvgIpc) is 2.71. The number of thioether (sulfide) groups is 1. The zero-order valence-electron chi connectivity index (χ0n) is 10.8. The van der Waals surface area contributed by atoms with Gasteiger partial charge in [0.25, 0.3) is 16.8 Å². The second-order valence-electron chi connectivity index (χ2n) is 4.09. The summed E-state index contributed by atoms with van der Waals surface area (Å²) in [5.41, 5.74) is -0.217. The first-order valence-corrected chi connectivity index (χ1v) is 7.32. The van der Waals surface area contributed by atoms with Crippen LogP contribution in [0.1, 0.15) is 5.56 Å². The number of non-ortho nitro benzene ring substituents is 1. The van der Waals surface area contributed by atoms with Crippen molar-refractivity contribution in [2.45, 2.75) is 0 Å². The topological polar surface area (TPSA) is 101 Å². The summed E-state index contributed by atoms with van der Waals surface area (Å²) >= 11 is 3.65. The van der Waals surface area contributed by atoms with E-state index in [1.165, 1.54) is 6.08 Å². The number of carbonyl (C=O) groups is 2. The van der Waals surface area contributed by atoms with Crippen LogP contribution in [0.2, 0.25) is 0 Å². The quantitative estimate of drug-likeness (QED) is 0.373. The Morgan fingerprint density at radius 2 is 2.18 bits per heavy atom. The molecule has 0 spiro atoms. The fourth-order valence-electron chi connectivity index (χ4n) is 1.69. The van der Waals surface area contributed by atoms with Gasteiger partial charge in [-0.1, -0.05) is 5.92 Å². The third kappa shape index (κ3) is 2.98. The van der Waals surface area contributed by atoms with Gasteiger partial charge in [-0.15, -0.1) is 6.42 Å². The molecule has 2 rings (SSSR count). The molecule has 0 aromatic heterocycles. The summed E-state index contributed by atoms with van der Waals surface area (Å²) in [7, 11) is 0. The lowest BCUT2D eigenvalue weighted by atomic mass is 10.1. The predicted octanol–water partition coefficient (Wildman–Crippen LogP) is 2.73. The number of nitro benzene ring substituents is 1. The second kappa shape index (κ2) is 6.21. The summed E-state index contributed by atoms with van der Waals surface area (Å²) < 4.78 is 0.107. The molecule has 1 aliphatic heterocycles. The molecule has 112 valence electrons. The molecule has 0 saturated carbocycles. The molecular formula is C13H7BrN2O5S. The Bertz CT molecular complexity index is 768. The van der Waals surface area contributed by atoms with Gasteiger partial charge in [-0.3, -0.25) is 24.6 Å². The number of nitrogens with zero attached hydrogens (tertiary/aromatic N) is 2. The largest absolute Gasteiger partial charge is 0.506 e. The minimum absolute atomic E-state index is 0.0305. The van der Waals surface area contributed by atoms with Crippen molar-refractivity contribution in [2.75, 3.05) is 6.54 Å². The molecule has 1 fully saturated rings. The monoisotopic (exact) mass is 382 g/mol. The highest BCUT2D eigenvalue weighted by atomic mass is 79.9. The number of terminal acetylenes is 1. The smallest absolute Gasteiger partial charge is 0.294 e. The number of phenols is 1. The van der Waals surface area contributed by atoms with Crippen molar-refractivity contribution >= 4 is 50.6 Å². The number of halogens is 1. The fourth-order valence-corrected chi connectivity index (χ4v) is 2.98. The van der Waals surface area contributed by atoms with E-state index in [0.717, 1.165) is 17.0 Å². The minimum Gasteiger partial charge on any atom is -0.506 e. The molecule has 0 radical (unpaired) electrons. The zero-order valence-corrected chi connectivity index (χ0v) is 13.2. The van der Waals surface area contributed by atoms with Crippen LogP contribution in [-0.4, -0.2) is 32.6 Å². The molecule has 1 N–H and O–H groups in total. The van der Waals surface area contributed by atoms with Gasteiger partial charge in [-0.25, -0.2) is 0 Å². The maximum absolute atomic E-state index is 12.0. The molecule has 1 aliphatic rings. The summed E-state index contributed by atoms with van der Waals surface area (Å²) in [5.74, 6) is 1.33. The number of carbonyl (C=O) groups excluding carboxylic acids is 2. The lowest BCUT2D eigenvalue weighted by Gasteiger charge is -2.06. The van der Waals surface area contributed by atoms with Crippen LogP contribution >= 0.6 is 27.7 Å². The predicted molar refractivity (Wildman–Crippen MR) is 84.0 cm³/mol. The van der Waals surface area contributed by atoms with E-state index >= 15 is 0 Å². The van der Waals surface area contributed by atoms with Crippen molar-refractivity contribution in [3.05, 3.63) is 37.2 Å². The van der Waals surface area contributed by atoms with Crippen LogP contribution in [-0.2, 0) is 4.79 Å². The van der Waals surface area contributed by atoms with Gasteiger partial charge in [-0.2, -0.15) is 0 Å². The van der Waals surface area contributed by atoms with Crippen LogP contribution in [0.15, 0.2) is 21.5 Å². The molecule has 1 aromatic carbocycles. The summed E-state index contributed by atoms with van der Waals surface area (Å²) in [6.07, 6.45) is 6.30. The maximum Gasteiger partial charge on any atom is 0.294 e. The maximum atomic E-state index is 12.0.